The van der Waals surface area contributed by atoms with E-state index in [1.165, 1.54) is 17.7 Å². The number of urea groups is 1. The van der Waals surface area contributed by atoms with E-state index >= 15 is 4.39 Å². The summed E-state index contributed by atoms with van der Waals surface area (Å²) in [7, 11) is 4.79. The molecule has 0 aliphatic carbocycles. The number of primary amides is 1. The van der Waals surface area contributed by atoms with Crippen LogP contribution >= 0.6 is 0 Å². The van der Waals surface area contributed by atoms with Gasteiger partial charge in [0.25, 0.3) is 5.56 Å². The summed E-state index contributed by atoms with van der Waals surface area (Å²) in [6.07, 6.45) is 3.34. The lowest BCUT2D eigenvalue weighted by Gasteiger charge is -2.34. The van der Waals surface area contributed by atoms with E-state index in [1.807, 2.05) is 24.3 Å². The summed E-state index contributed by atoms with van der Waals surface area (Å²) in [5.74, 6) is 0.749. The first-order valence-electron chi connectivity index (χ1n) is 12.6. The van der Waals surface area contributed by atoms with Crippen LogP contribution in [0, 0.1) is 5.82 Å². The molecule has 2 N–H and O–H groups in total. The third-order valence-corrected chi connectivity index (χ3v) is 7.22. The Morgan fingerprint density at radius 2 is 1.77 bits per heavy atom. The predicted octanol–water partition coefficient (Wildman–Crippen LogP) is 2.80. The number of piperazine rings is 1. The van der Waals surface area contributed by atoms with E-state index in [1.54, 1.807) is 42.2 Å². The molecular formula is C28H31FN6O4. The van der Waals surface area contributed by atoms with Crippen molar-refractivity contribution >= 4 is 16.9 Å². The number of carbonyl (C=O) groups excluding carboxylic acids is 1. The van der Waals surface area contributed by atoms with Crippen LogP contribution in [0.5, 0.6) is 11.5 Å². The Labute approximate surface area is 224 Å². The molecule has 1 aliphatic heterocycles. The lowest BCUT2D eigenvalue weighted by atomic mass is 10.0. The molecule has 0 bridgehead atoms. The number of fused-ring (bicyclic) bond motifs is 1. The molecule has 0 radical (unpaired) electrons. The number of hydrogen-bond acceptors (Lipinski definition) is 6. The van der Waals surface area contributed by atoms with Gasteiger partial charge in [-0.1, -0.05) is 12.1 Å². The second kappa shape index (κ2) is 10.8. The molecule has 1 saturated heterocycles. The standard InChI is InChI=1S/C28H31FN6O4/c1-32-16-22(21-14-31-35(26(21)27(32)36)15-18-4-6-20(38-2)7-5-18)19-12-24(29)23(25(13-19)39-3)17-33-8-10-34(11-9-33)28(30)37/h4-7,12-14,16H,8-11,15,17H2,1-3H3,(H2,30,37). The Balaban J connectivity index is 1.48. The molecule has 4 aromatic rings. The van der Waals surface area contributed by atoms with Gasteiger partial charge >= 0.3 is 6.03 Å². The van der Waals surface area contributed by atoms with E-state index in [-0.39, 0.29) is 5.56 Å². The maximum atomic E-state index is 15.6. The first-order valence-corrected chi connectivity index (χ1v) is 12.6. The lowest BCUT2D eigenvalue weighted by Crippen LogP contribution is -2.50. The van der Waals surface area contributed by atoms with E-state index in [2.05, 4.69) is 10.00 Å². The van der Waals surface area contributed by atoms with Crippen molar-refractivity contribution in [2.45, 2.75) is 13.1 Å². The normalized spacial score (nSPS) is 14.1. The molecule has 11 heteroatoms. The van der Waals surface area contributed by atoms with Crippen LogP contribution in [0.1, 0.15) is 11.1 Å². The van der Waals surface area contributed by atoms with Crippen LogP contribution < -0.4 is 20.8 Å². The molecule has 5 rings (SSSR count). The van der Waals surface area contributed by atoms with Gasteiger partial charge in [0.15, 0.2) is 0 Å². The number of methoxy groups -OCH3 is 2. The van der Waals surface area contributed by atoms with Gasteiger partial charge < -0.3 is 24.7 Å². The number of benzene rings is 2. The highest BCUT2D eigenvalue weighted by atomic mass is 19.1. The van der Waals surface area contributed by atoms with Crippen LogP contribution in [-0.2, 0) is 20.1 Å². The maximum Gasteiger partial charge on any atom is 0.314 e. The number of nitrogens with two attached hydrogens (primary N) is 1. The number of ether oxygens (including phenoxy) is 2. The number of amides is 2. The van der Waals surface area contributed by atoms with Gasteiger partial charge in [0, 0.05) is 62.5 Å². The summed E-state index contributed by atoms with van der Waals surface area (Å²) in [5.41, 5.74) is 8.26. The molecular weight excluding hydrogens is 503 g/mol. The summed E-state index contributed by atoms with van der Waals surface area (Å²) >= 11 is 0. The summed E-state index contributed by atoms with van der Waals surface area (Å²) < 4.78 is 29.6. The van der Waals surface area contributed by atoms with Crippen LogP contribution in [-0.4, -0.2) is 70.6 Å². The van der Waals surface area contributed by atoms with Gasteiger partial charge in [-0.2, -0.15) is 5.10 Å². The Morgan fingerprint density at radius 1 is 1.05 bits per heavy atom. The average Bonchev–Trinajstić information content (AvgIpc) is 3.36. The Hall–Kier alpha value is -4.38. The topological polar surface area (TPSA) is 108 Å². The molecule has 0 unspecified atom stereocenters. The van der Waals surface area contributed by atoms with Gasteiger partial charge in [0.2, 0.25) is 0 Å². The summed E-state index contributed by atoms with van der Waals surface area (Å²) in [6, 6.07) is 10.4. The number of pyridine rings is 1. The van der Waals surface area contributed by atoms with E-state index in [9.17, 15) is 9.59 Å². The predicted molar refractivity (Wildman–Crippen MR) is 145 cm³/mol. The van der Waals surface area contributed by atoms with Gasteiger partial charge in [0.1, 0.15) is 22.8 Å². The second-order valence-corrected chi connectivity index (χ2v) is 9.61. The van der Waals surface area contributed by atoms with Gasteiger partial charge in [-0.15, -0.1) is 0 Å². The fourth-order valence-electron chi connectivity index (χ4n) is 5.00. The van der Waals surface area contributed by atoms with Crippen LogP contribution in [0.4, 0.5) is 9.18 Å². The van der Waals surface area contributed by atoms with Crippen molar-refractivity contribution in [3.8, 4) is 22.6 Å². The van der Waals surface area contributed by atoms with Crippen molar-refractivity contribution in [1.29, 1.82) is 0 Å². The zero-order chi connectivity index (χ0) is 27.7. The number of aromatic nitrogens is 3. The van der Waals surface area contributed by atoms with Gasteiger partial charge in [-0.05, 0) is 35.4 Å². The largest absolute Gasteiger partial charge is 0.497 e. The molecule has 10 nitrogen and oxygen atoms in total. The molecule has 1 fully saturated rings. The smallest absolute Gasteiger partial charge is 0.314 e. The van der Waals surface area contributed by atoms with E-state index in [0.717, 1.165) is 11.3 Å². The Bertz CT molecular complexity index is 1570. The number of nitrogens with zero attached hydrogens (tertiary/aromatic N) is 5. The van der Waals surface area contributed by atoms with Crippen molar-refractivity contribution in [1.82, 2.24) is 24.1 Å². The molecule has 0 atom stereocenters. The number of hydrogen-bond donors (Lipinski definition) is 1. The third-order valence-electron chi connectivity index (χ3n) is 7.22. The molecule has 204 valence electrons. The van der Waals surface area contributed by atoms with Crippen LogP contribution in [0.2, 0.25) is 0 Å². The molecule has 1 aliphatic rings. The SMILES string of the molecule is COc1ccc(Cn2ncc3c(-c4cc(F)c(CN5CCN(C(N)=O)CC5)c(OC)c4)cn(C)c(=O)c32)cc1. The molecule has 0 spiro atoms. The minimum atomic E-state index is -0.446. The lowest BCUT2D eigenvalue weighted by molar-refractivity contribution is 0.139. The summed E-state index contributed by atoms with van der Waals surface area (Å²) in [5, 5.41) is 5.13. The zero-order valence-electron chi connectivity index (χ0n) is 22.2. The van der Waals surface area contributed by atoms with Gasteiger partial charge in [-0.25, -0.2) is 9.18 Å². The number of rotatable bonds is 7. The Morgan fingerprint density at radius 3 is 2.41 bits per heavy atom. The van der Waals surface area contributed by atoms with Crippen LogP contribution in [0.25, 0.3) is 22.0 Å². The van der Waals surface area contributed by atoms with Crippen LogP contribution in [0.3, 0.4) is 0 Å². The number of carbonyl (C=O) groups is 1. The minimum Gasteiger partial charge on any atom is -0.497 e. The summed E-state index contributed by atoms with van der Waals surface area (Å²) in [4.78, 5) is 28.2. The van der Waals surface area contributed by atoms with E-state index < -0.39 is 11.8 Å². The van der Waals surface area contributed by atoms with Crippen molar-refractivity contribution in [2.75, 3.05) is 40.4 Å². The fraction of sp³-hybridized carbons (Fsp3) is 0.321. The van der Waals surface area contributed by atoms with Crippen LogP contribution in [0.15, 0.2) is 53.6 Å². The quantitative estimate of drug-likeness (QED) is 0.391. The maximum absolute atomic E-state index is 15.6. The van der Waals surface area contributed by atoms with Gasteiger partial charge in [-0.3, -0.25) is 14.4 Å². The average molecular weight is 535 g/mol. The van der Waals surface area contributed by atoms with Gasteiger partial charge in [0.05, 0.1) is 27.0 Å². The second-order valence-electron chi connectivity index (χ2n) is 9.61. The zero-order valence-corrected chi connectivity index (χ0v) is 22.2. The number of halogens is 1. The first-order chi connectivity index (χ1) is 18.8. The minimum absolute atomic E-state index is 0.195. The highest BCUT2D eigenvalue weighted by Crippen LogP contribution is 2.34. The highest BCUT2D eigenvalue weighted by molar-refractivity contribution is 5.94. The summed E-state index contributed by atoms with van der Waals surface area (Å²) in [6.45, 7) is 2.89. The highest BCUT2D eigenvalue weighted by Gasteiger charge is 2.23. The first kappa shape index (κ1) is 26.2. The molecule has 2 amide bonds. The fourth-order valence-corrected chi connectivity index (χ4v) is 5.00. The Kier molecular flexibility index (Phi) is 7.25. The molecule has 0 saturated carbocycles. The molecule has 39 heavy (non-hydrogen) atoms. The van der Waals surface area contributed by atoms with Crippen molar-refractivity contribution in [3.05, 3.63) is 76.1 Å². The molecule has 3 heterocycles. The van der Waals surface area contributed by atoms with Crippen molar-refractivity contribution < 1.29 is 18.7 Å². The van der Waals surface area contributed by atoms with Crippen molar-refractivity contribution in [3.63, 3.8) is 0 Å². The van der Waals surface area contributed by atoms with E-state index in [4.69, 9.17) is 15.2 Å². The van der Waals surface area contributed by atoms with Crippen molar-refractivity contribution in [2.24, 2.45) is 12.8 Å². The molecule has 2 aromatic heterocycles. The monoisotopic (exact) mass is 534 g/mol. The van der Waals surface area contributed by atoms with E-state index in [0.29, 0.717) is 72.6 Å². The molecule has 2 aromatic carbocycles. The number of aryl methyl sites for hydroxylation is 1. The third kappa shape index (κ3) is 5.17.